The third-order valence-electron chi connectivity index (χ3n) is 14.9. The SMILES string of the molecule is C=C(C)[C@@H]1CC[C@]2(C(=O)O)CC[C@]3(C)[C@H](CC[C@@H]4[C@@]5(C)CC(OC(=O)c6ccc(O)c(O)c6)C(O)C(C)(C)[C@@H]5CC[C@]43C)[C@@H]12. The van der Waals surface area contributed by atoms with E-state index in [9.17, 15) is 30.0 Å². The van der Waals surface area contributed by atoms with Gasteiger partial charge in [-0.3, -0.25) is 4.79 Å². The fourth-order valence-electron chi connectivity index (χ4n) is 12.6. The van der Waals surface area contributed by atoms with Gasteiger partial charge in [-0.1, -0.05) is 46.8 Å². The zero-order chi connectivity index (χ0) is 32.2. The van der Waals surface area contributed by atoms with Gasteiger partial charge in [0, 0.05) is 0 Å². The summed E-state index contributed by atoms with van der Waals surface area (Å²) in [6, 6.07) is 3.88. The van der Waals surface area contributed by atoms with Gasteiger partial charge in [-0.15, -0.1) is 0 Å². The lowest BCUT2D eigenvalue weighted by atomic mass is 9.32. The molecule has 6 rings (SSSR count). The molecule has 0 aliphatic heterocycles. The first-order valence-electron chi connectivity index (χ1n) is 16.7. The molecule has 0 bridgehead atoms. The number of aliphatic hydroxyl groups is 1. The molecule has 1 aromatic carbocycles. The van der Waals surface area contributed by atoms with Gasteiger partial charge in [0.15, 0.2) is 11.5 Å². The van der Waals surface area contributed by atoms with E-state index in [2.05, 4.69) is 48.1 Å². The predicted molar refractivity (Wildman–Crippen MR) is 167 cm³/mol. The molecule has 0 radical (unpaired) electrons. The largest absolute Gasteiger partial charge is 0.504 e. The molecule has 5 fully saturated rings. The number of hydrogen-bond donors (Lipinski definition) is 4. The number of carbonyl (C=O) groups excluding carboxylic acids is 1. The average molecular weight is 609 g/mol. The Labute approximate surface area is 262 Å². The molecule has 5 aliphatic rings. The van der Waals surface area contributed by atoms with Crippen molar-refractivity contribution in [3.05, 3.63) is 35.9 Å². The Kier molecular flexibility index (Phi) is 7.13. The quantitative estimate of drug-likeness (QED) is 0.160. The van der Waals surface area contributed by atoms with E-state index in [1.807, 2.05) is 0 Å². The maximum Gasteiger partial charge on any atom is 0.338 e. The molecular formula is C37H52O7. The summed E-state index contributed by atoms with van der Waals surface area (Å²) in [5, 5.41) is 42.0. The number of aliphatic hydroxyl groups excluding tert-OH is 1. The average Bonchev–Trinajstić information content (AvgIpc) is 3.35. The summed E-state index contributed by atoms with van der Waals surface area (Å²) in [7, 11) is 0. The number of hydrogen-bond acceptors (Lipinski definition) is 6. The van der Waals surface area contributed by atoms with Gasteiger partial charge in [0.2, 0.25) is 0 Å². The number of aliphatic carboxylic acids is 1. The second-order valence-electron chi connectivity index (χ2n) is 16.8. The lowest BCUT2D eigenvalue weighted by Gasteiger charge is -2.73. The molecule has 0 spiro atoms. The van der Waals surface area contributed by atoms with Crippen LogP contribution in [0.3, 0.4) is 0 Å². The van der Waals surface area contributed by atoms with Gasteiger partial charge in [-0.05, 0) is 134 Å². The molecule has 11 atom stereocenters. The normalized spacial score (nSPS) is 45.7. The first-order valence-corrected chi connectivity index (χ1v) is 16.7. The molecule has 1 aromatic rings. The van der Waals surface area contributed by atoms with Crippen molar-refractivity contribution in [3.8, 4) is 11.5 Å². The summed E-state index contributed by atoms with van der Waals surface area (Å²) in [6.45, 7) is 18.0. The van der Waals surface area contributed by atoms with E-state index in [4.69, 9.17) is 4.74 Å². The Bertz CT molecular complexity index is 1380. The van der Waals surface area contributed by atoms with Gasteiger partial charge in [-0.25, -0.2) is 4.79 Å². The summed E-state index contributed by atoms with van der Waals surface area (Å²) in [6.07, 6.45) is 6.29. The van der Waals surface area contributed by atoms with Gasteiger partial charge in [0.25, 0.3) is 0 Å². The third-order valence-corrected chi connectivity index (χ3v) is 14.9. The summed E-state index contributed by atoms with van der Waals surface area (Å²) in [5.41, 5.74) is -0.138. The zero-order valence-electron chi connectivity index (χ0n) is 27.4. The number of rotatable bonds is 4. The Hall–Kier alpha value is -2.54. The van der Waals surface area contributed by atoms with Gasteiger partial charge >= 0.3 is 11.9 Å². The molecule has 0 heterocycles. The lowest BCUT2D eigenvalue weighted by Crippen LogP contribution is -2.69. The number of benzene rings is 1. The molecule has 7 nitrogen and oxygen atoms in total. The monoisotopic (exact) mass is 608 g/mol. The van der Waals surface area contributed by atoms with Crippen LogP contribution in [0, 0.1) is 56.7 Å². The number of phenolic OH excluding ortho intramolecular Hbond substituents is 2. The first kappa shape index (κ1) is 31.4. The minimum absolute atomic E-state index is 0.0241. The maximum atomic E-state index is 13.3. The van der Waals surface area contributed by atoms with Crippen LogP contribution in [-0.2, 0) is 9.53 Å². The van der Waals surface area contributed by atoms with Crippen molar-refractivity contribution in [2.75, 3.05) is 0 Å². The van der Waals surface area contributed by atoms with Crippen molar-refractivity contribution in [1.29, 1.82) is 0 Å². The third kappa shape index (κ3) is 4.02. The Balaban J connectivity index is 1.35. The molecular weight excluding hydrogens is 556 g/mol. The van der Waals surface area contributed by atoms with Gasteiger partial charge < -0.3 is 25.2 Å². The highest BCUT2D eigenvalue weighted by Gasteiger charge is 2.72. The van der Waals surface area contributed by atoms with E-state index >= 15 is 0 Å². The summed E-state index contributed by atoms with van der Waals surface area (Å²) in [4.78, 5) is 26.2. The number of phenols is 2. The Morgan fingerprint density at radius 3 is 2.23 bits per heavy atom. The fourth-order valence-corrected chi connectivity index (χ4v) is 12.6. The Morgan fingerprint density at radius 2 is 1.59 bits per heavy atom. The van der Waals surface area contributed by atoms with Crippen molar-refractivity contribution in [2.24, 2.45) is 56.7 Å². The second-order valence-corrected chi connectivity index (χ2v) is 16.8. The maximum absolute atomic E-state index is 13.3. The van der Waals surface area contributed by atoms with E-state index in [0.29, 0.717) is 18.3 Å². The minimum atomic E-state index is -0.841. The van der Waals surface area contributed by atoms with Crippen molar-refractivity contribution in [2.45, 2.75) is 112 Å². The zero-order valence-corrected chi connectivity index (χ0v) is 27.4. The summed E-state index contributed by atoms with van der Waals surface area (Å²) >= 11 is 0. The predicted octanol–water partition coefficient (Wildman–Crippen LogP) is 7.34. The highest BCUT2D eigenvalue weighted by molar-refractivity contribution is 5.90. The van der Waals surface area contributed by atoms with Crippen LogP contribution in [0.25, 0.3) is 0 Å². The smallest absolute Gasteiger partial charge is 0.338 e. The molecule has 4 N–H and O–H groups in total. The molecule has 5 aliphatic carbocycles. The minimum Gasteiger partial charge on any atom is -0.504 e. The van der Waals surface area contributed by atoms with Crippen molar-refractivity contribution in [3.63, 3.8) is 0 Å². The van der Waals surface area contributed by atoms with Crippen molar-refractivity contribution >= 4 is 11.9 Å². The highest BCUT2D eigenvalue weighted by atomic mass is 16.6. The number of ether oxygens (including phenoxy) is 1. The van der Waals surface area contributed by atoms with E-state index in [-0.39, 0.29) is 51.1 Å². The van der Waals surface area contributed by atoms with Crippen LogP contribution in [0.4, 0.5) is 0 Å². The Morgan fingerprint density at radius 1 is 0.886 bits per heavy atom. The molecule has 5 saturated carbocycles. The molecule has 0 aromatic heterocycles. The summed E-state index contributed by atoms with van der Waals surface area (Å²) in [5.74, 6) is -0.691. The van der Waals surface area contributed by atoms with Crippen molar-refractivity contribution in [1.82, 2.24) is 0 Å². The number of fused-ring (bicyclic) bond motifs is 7. The number of carbonyl (C=O) groups is 2. The molecule has 2 unspecified atom stereocenters. The summed E-state index contributed by atoms with van der Waals surface area (Å²) < 4.78 is 6.06. The highest BCUT2D eigenvalue weighted by Crippen LogP contribution is 2.77. The van der Waals surface area contributed by atoms with Gasteiger partial charge in [0.1, 0.15) is 6.10 Å². The van der Waals surface area contributed by atoms with E-state index in [0.717, 1.165) is 56.9 Å². The number of carboxylic acids is 1. The van der Waals surface area contributed by atoms with Crippen molar-refractivity contribution < 1.29 is 34.8 Å². The molecule has 0 saturated heterocycles. The van der Waals surface area contributed by atoms with Crippen LogP contribution < -0.4 is 0 Å². The van der Waals surface area contributed by atoms with Crippen LogP contribution in [0.5, 0.6) is 11.5 Å². The number of aromatic hydroxyl groups is 2. The fraction of sp³-hybridized carbons (Fsp3) is 0.730. The van der Waals surface area contributed by atoms with Crippen LogP contribution in [0.15, 0.2) is 30.4 Å². The van der Waals surface area contributed by atoms with E-state index < -0.39 is 35.0 Å². The molecule has 0 amide bonds. The van der Waals surface area contributed by atoms with Gasteiger partial charge in [-0.2, -0.15) is 0 Å². The number of esters is 1. The topological polar surface area (TPSA) is 124 Å². The molecule has 7 heteroatoms. The van der Waals surface area contributed by atoms with E-state index in [1.54, 1.807) is 0 Å². The van der Waals surface area contributed by atoms with Crippen LogP contribution in [-0.4, -0.2) is 44.6 Å². The first-order chi connectivity index (χ1) is 20.4. The van der Waals surface area contributed by atoms with Crippen LogP contribution in [0.1, 0.15) is 110 Å². The number of carboxylic acid groups (broad SMARTS) is 1. The van der Waals surface area contributed by atoms with Gasteiger partial charge in [0.05, 0.1) is 17.1 Å². The number of allylic oxidation sites excluding steroid dienone is 1. The molecule has 44 heavy (non-hydrogen) atoms. The molecule has 242 valence electrons. The van der Waals surface area contributed by atoms with Crippen LogP contribution >= 0.6 is 0 Å². The second kappa shape index (κ2) is 9.98. The standard InChI is InChI=1S/C37H52O7/c1-20(2)22-12-15-37(32(42)43)17-16-35(6)23(29(22)37)9-11-28-34(5)19-26(44-31(41)21-8-10-24(38)25(39)18-21)30(40)33(3,4)27(34)13-14-36(28,35)7/h8,10,18,22-23,26-30,38-40H,1,9,11-17,19H2,2-7H3,(H,42,43)/t22-,23+,26?,27-,28+,29+,30?,34-,35+,36+,37-/m0/s1. The van der Waals surface area contributed by atoms with E-state index in [1.165, 1.54) is 18.2 Å². The van der Waals surface area contributed by atoms with Crippen LogP contribution in [0.2, 0.25) is 0 Å². The lowest BCUT2D eigenvalue weighted by molar-refractivity contribution is -0.263.